The molecule has 192 valence electrons. The fourth-order valence-corrected chi connectivity index (χ4v) is 3.09. The zero-order chi connectivity index (χ0) is 27.3. The molecule has 0 saturated carbocycles. The molecule has 0 aliphatic heterocycles. The van der Waals surface area contributed by atoms with E-state index in [0.29, 0.717) is 5.95 Å². The molecule has 3 aromatic heterocycles. The minimum atomic E-state index is -5.08. The first-order valence-corrected chi connectivity index (χ1v) is 10.0. The molecule has 36 heavy (non-hydrogen) atoms. The van der Waals surface area contributed by atoms with Crippen LogP contribution in [-0.4, -0.2) is 54.4 Å². The summed E-state index contributed by atoms with van der Waals surface area (Å²) in [5, 5.41) is 14.2. The van der Waals surface area contributed by atoms with Gasteiger partial charge in [-0.3, -0.25) is 4.98 Å². The minimum absolute atomic E-state index is 0.387. The van der Waals surface area contributed by atoms with Gasteiger partial charge in [0.15, 0.2) is 5.95 Å². The second-order valence-electron chi connectivity index (χ2n) is 6.56. The zero-order valence-electron chi connectivity index (χ0n) is 17.4. The SMILES string of the molecule is Nc1nc2c(-c3cc(-c4ccccc4)c(Br)[nH]3)nccc2[nH]1.O=C(O)C(F)(F)F.O=C(O)C(F)(F)F. The fourth-order valence-electron chi connectivity index (χ4n) is 2.54. The summed E-state index contributed by atoms with van der Waals surface area (Å²) in [5.74, 6) is -5.13. The number of H-pyrrole nitrogens is 2. The third-order valence-electron chi connectivity index (χ3n) is 4.01. The predicted octanol–water partition coefficient (Wildman–Crippen LogP) is 5.23. The molecular weight excluding hydrogens is 568 g/mol. The Hall–Kier alpha value is -4.08. The molecule has 0 spiro atoms. The van der Waals surface area contributed by atoms with Gasteiger partial charge in [0.05, 0.1) is 15.8 Å². The number of hydrogen-bond donors (Lipinski definition) is 5. The number of rotatable bonds is 2. The Kier molecular flexibility index (Phi) is 8.69. The van der Waals surface area contributed by atoms with Crippen LogP contribution in [0.1, 0.15) is 0 Å². The predicted molar refractivity (Wildman–Crippen MR) is 119 cm³/mol. The summed E-state index contributed by atoms with van der Waals surface area (Å²) >= 11 is 3.58. The molecule has 0 saturated heterocycles. The number of benzene rings is 1. The van der Waals surface area contributed by atoms with Crippen LogP contribution in [0.25, 0.3) is 33.5 Å². The Balaban J connectivity index is 0.000000271. The van der Waals surface area contributed by atoms with Crippen molar-refractivity contribution in [3.05, 3.63) is 53.3 Å². The van der Waals surface area contributed by atoms with E-state index < -0.39 is 24.3 Å². The molecule has 0 amide bonds. The van der Waals surface area contributed by atoms with Gasteiger partial charge >= 0.3 is 24.3 Å². The summed E-state index contributed by atoms with van der Waals surface area (Å²) in [4.78, 5) is 32.9. The number of nitrogens with two attached hydrogens (primary N) is 1. The number of carboxylic acid groups (broad SMARTS) is 2. The van der Waals surface area contributed by atoms with Gasteiger partial charge in [0.1, 0.15) is 11.2 Å². The van der Waals surface area contributed by atoms with Gasteiger partial charge < -0.3 is 25.9 Å². The first-order valence-electron chi connectivity index (χ1n) is 9.26. The van der Waals surface area contributed by atoms with Gasteiger partial charge in [-0.2, -0.15) is 26.3 Å². The monoisotopic (exact) mass is 581 g/mol. The molecule has 6 N–H and O–H groups in total. The second kappa shape index (κ2) is 11.1. The van der Waals surface area contributed by atoms with Crippen molar-refractivity contribution in [3.8, 4) is 22.5 Å². The first kappa shape index (κ1) is 28.2. The van der Waals surface area contributed by atoms with Crippen LogP contribution in [0.15, 0.2) is 53.3 Å². The van der Waals surface area contributed by atoms with Crippen LogP contribution in [0.5, 0.6) is 0 Å². The first-order chi connectivity index (χ1) is 16.6. The summed E-state index contributed by atoms with van der Waals surface area (Å²) in [6, 6.07) is 14.1. The number of nitrogen functional groups attached to an aromatic ring is 1. The van der Waals surface area contributed by atoms with E-state index in [1.807, 2.05) is 24.3 Å². The average molecular weight is 582 g/mol. The molecule has 0 atom stereocenters. The van der Waals surface area contributed by atoms with E-state index in [0.717, 1.165) is 38.2 Å². The Morgan fingerprint density at radius 2 is 1.44 bits per heavy atom. The second-order valence-corrected chi connectivity index (χ2v) is 7.35. The largest absolute Gasteiger partial charge is 0.490 e. The number of aromatic amines is 2. The molecule has 4 rings (SSSR count). The molecule has 0 bridgehead atoms. The van der Waals surface area contributed by atoms with Crippen LogP contribution in [-0.2, 0) is 9.59 Å². The van der Waals surface area contributed by atoms with E-state index in [1.54, 1.807) is 6.20 Å². The molecule has 0 radical (unpaired) electrons. The molecule has 16 heteroatoms. The number of alkyl halides is 6. The standard InChI is InChI=1S/C16H12BrN5.2C2HF3O2/c17-15-10(9-4-2-1-3-5-9)8-12(20-15)13-14-11(6-7-19-13)21-16(18)22-14;2*3-2(4,5)1(6)7/h1-8,20H,(H3,18,21,22);2*(H,6,7). The summed E-state index contributed by atoms with van der Waals surface area (Å²) in [6.45, 7) is 0. The van der Waals surface area contributed by atoms with Crippen LogP contribution in [0.2, 0.25) is 0 Å². The van der Waals surface area contributed by atoms with Crippen molar-refractivity contribution in [1.29, 1.82) is 0 Å². The Labute approximate surface area is 205 Å². The molecule has 9 nitrogen and oxygen atoms in total. The zero-order valence-corrected chi connectivity index (χ0v) is 19.0. The average Bonchev–Trinajstić information content (AvgIpc) is 3.35. The highest BCUT2D eigenvalue weighted by atomic mass is 79.9. The van der Waals surface area contributed by atoms with E-state index in [9.17, 15) is 26.3 Å². The van der Waals surface area contributed by atoms with Crippen molar-refractivity contribution >= 4 is 44.9 Å². The third kappa shape index (κ3) is 7.46. The van der Waals surface area contributed by atoms with Crippen LogP contribution >= 0.6 is 15.9 Å². The molecule has 0 fully saturated rings. The van der Waals surface area contributed by atoms with Crippen molar-refractivity contribution in [2.45, 2.75) is 12.4 Å². The van der Waals surface area contributed by atoms with Crippen molar-refractivity contribution in [2.24, 2.45) is 0 Å². The van der Waals surface area contributed by atoms with E-state index in [1.165, 1.54) is 0 Å². The van der Waals surface area contributed by atoms with Crippen LogP contribution in [0, 0.1) is 0 Å². The lowest BCUT2D eigenvalue weighted by atomic mass is 10.1. The molecule has 0 aliphatic carbocycles. The van der Waals surface area contributed by atoms with Gasteiger partial charge in [0.25, 0.3) is 0 Å². The summed E-state index contributed by atoms with van der Waals surface area (Å²) in [6.07, 6.45) is -8.42. The maximum absolute atomic E-state index is 10.6. The van der Waals surface area contributed by atoms with Crippen molar-refractivity contribution in [3.63, 3.8) is 0 Å². The van der Waals surface area contributed by atoms with E-state index in [4.69, 9.17) is 25.5 Å². The molecule has 4 aromatic rings. The van der Waals surface area contributed by atoms with Gasteiger partial charge in [0, 0.05) is 11.8 Å². The van der Waals surface area contributed by atoms with Gasteiger partial charge in [-0.1, -0.05) is 30.3 Å². The lowest BCUT2D eigenvalue weighted by Gasteiger charge is -1.98. The molecule has 3 heterocycles. The number of fused-ring (bicyclic) bond motifs is 1. The number of aliphatic carboxylic acids is 2. The highest BCUT2D eigenvalue weighted by molar-refractivity contribution is 9.10. The van der Waals surface area contributed by atoms with Crippen molar-refractivity contribution < 1.29 is 46.1 Å². The maximum atomic E-state index is 10.6. The number of anilines is 1. The third-order valence-corrected chi connectivity index (χ3v) is 4.64. The van der Waals surface area contributed by atoms with Gasteiger partial charge in [0.2, 0.25) is 0 Å². The minimum Gasteiger partial charge on any atom is -0.475 e. The molecular formula is C20H14BrF6N5O4. The molecule has 0 unspecified atom stereocenters. The number of carbonyl (C=O) groups is 2. The van der Waals surface area contributed by atoms with Gasteiger partial charge in [-0.15, -0.1) is 0 Å². The number of nitrogens with zero attached hydrogens (tertiary/aromatic N) is 2. The van der Waals surface area contributed by atoms with E-state index >= 15 is 0 Å². The van der Waals surface area contributed by atoms with Crippen LogP contribution in [0.4, 0.5) is 32.3 Å². The summed E-state index contributed by atoms with van der Waals surface area (Å²) < 4.78 is 64.4. The van der Waals surface area contributed by atoms with Gasteiger partial charge in [-0.05, 0) is 33.6 Å². The summed E-state index contributed by atoms with van der Waals surface area (Å²) in [7, 11) is 0. The van der Waals surface area contributed by atoms with Crippen molar-refractivity contribution in [1.82, 2.24) is 19.9 Å². The van der Waals surface area contributed by atoms with E-state index in [2.05, 4.69) is 54.1 Å². The van der Waals surface area contributed by atoms with Crippen molar-refractivity contribution in [2.75, 3.05) is 5.73 Å². The molecule has 1 aromatic carbocycles. The van der Waals surface area contributed by atoms with Crippen LogP contribution < -0.4 is 5.73 Å². The highest BCUT2D eigenvalue weighted by Gasteiger charge is 2.38. The Morgan fingerprint density at radius 1 is 0.917 bits per heavy atom. The Morgan fingerprint density at radius 3 is 1.94 bits per heavy atom. The lowest BCUT2D eigenvalue weighted by Crippen LogP contribution is -2.21. The van der Waals surface area contributed by atoms with Gasteiger partial charge in [-0.25, -0.2) is 14.6 Å². The molecule has 0 aliphatic rings. The Bertz CT molecular complexity index is 1330. The number of carboxylic acids is 2. The quantitative estimate of drug-likeness (QED) is 0.203. The number of hydrogen-bond acceptors (Lipinski definition) is 5. The number of nitrogens with one attached hydrogen (secondary N) is 2. The fraction of sp³-hybridized carbons (Fsp3) is 0.100. The smallest absolute Gasteiger partial charge is 0.475 e. The van der Waals surface area contributed by atoms with Crippen LogP contribution in [0.3, 0.4) is 0 Å². The number of pyridine rings is 1. The number of imidazole rings is 1. The normalized spacial score (nSPS) is 11.2. The number of aromatic nitrogens is 4. The summed E-state index contributed by atoms with van der Waals surface area (Å²) in [5.41, 5.74) is 11.3. The number of halogens is 7. The highest BCUT2D eigenvalue weighted by Crippen LogP contribution is 2.34. The maximum Gasteiger partial charge on any atom is 0.490 e. The lowest BCUT2D eigenvalue weighted by molar-refractivity contribution is -0.193. The van der Waals surface area contributed by atoms with E-state index in [-0.39, 0.29) is 0 Å². The topological polar surface area (TPSA) is 158 Å².